The number of fused-ring (bicyclic) bond motifs is 1. The maximum absolute atomic E-state index is 12.4. The van der Waals surface area contributed by atoms with Gasteiger partial charge in [0.2, 0.25) is 0 Å². The molecule has 96 valence electrons. The van der Waals surface area contributed by atoms with Crippen molar-refractivity contribution in [2.45, 2.75) is 24.8 Å². The number of rotatable bonds is 2. The van der Waals surface area contributed by atoms with Crippen molar-refractivity contribution in [2.75, 3.05) is 0 Å². The number of carbonyl (C=O) groups is 3. The molecule has 1 aliphatic carbocycles. The minimum Gasteiger partial charge on any atom is -0.301 e. The summed E-state index contributed by atoms with van der Waals surface area (Å²) in [6, 6.07) is 6.71. The molecule has 1 aromatic carbocycles. The van der Waals surface area contributed by atoms with E-state index in [-0.39, 0.29) is 11.8 Å². The molecule has 0 fully saturated rings. The number of benzene rings is 1. The van der Waals surface area contributed by atoms with E-state index in [0.717, 1.165) is 11.2 Å². The van der Waals surface area contributed by atoms with Crippen LogP contribution in [0.3, 0.4) is 0 Å². The highest BCUT2D eigenvalue weighted by molar-refractivity contribution is 6.22. The van der Waals surface area contributed by atoms with Crippen LogP contribution in [0.4, 0.5) is 0 Å². The van der Waals surface area contributed by atoms with E-state index in [4.69, 9.17) is 0 Å². The lowest BCUT2D eigenvalue weighted by Crippen LogP contribution is -2.53. The van der Waals surface area contributed by atoms with Crippen LogP contribution in [0.5, 0.6) is 0 Å². The van der Waals surface area contributed by atoms with Gasteiger partial charge in [-0.3, -0.25) is 14.5 Å². The molecule has 4 nitrogen and oxygen atoms in total. The fourth-order valence-electron chi connectivity index (χ4n) is 2.80. The summed E-state index contributed by atoms with van der Waals surface area (Å²) in [7, 11) is 0. The second-order valence-corrected chi connectivity index (χ2v) is 4.93. The highest BCUT2D eigenvalue weighted by Gasteiger charge is 2.48. The summed E-state index contributed by atoms with van der Waals surface area (Å²) in [4.78, 5) is 37.5. The van der Waals surface area contributed by atoms with Crippen LogP contribution in [0, 0.1) is 0 Å². The van der Waals surface area contributed by atoms with Gasteiger partial charge in [0.05, 0.1) is 11.1 Å². The summed E-state index contributed by atoms with van der Waals surface area (Å²) in [5.74, 6) is -0.717. The summed E-state index contributed by atoms with van der Waals surface area (Å²) in [6.45, 7) is 0. The first-order chi connectivity index (χ1) is 9.19. The maximum atomic E-state index is 12.4. The number of hydrogen-bond acceptors (Lipinski definition) is 3. The molecule has 0 unspecified atom stereocenters. The molecule has 0 saturated carbocycles. The van der Waals surface area contributed by atoms with Crippen molar-refractivity contribution in [3.63, 3.8) is 0 Å². The SMILES string of the molecule is O=C[C@@]1(N2C(=O)c3ccccc3C2=O)CC=CCC1. The summed E-state index contributed by atoms with van der Waals surface area (Å²) in [6.07, 6.45) is 6.19. The molecule has 0 spiro atoms. The van der Waals surface area contributed by atoms with Crippen molar-refractivity contribution in [1.29, 1.82) is 0 Å². The van der Waals surface area contributed by atoms with Crippen LogP contribution in [-0.4, -0.2) is 28.5 Å². The van der Waals surface area contributed by atoms with E-state index < -0.39 is 5.54 Å². The first-order valence-corrected chi connectivity index (χ1v) is 6.29. The van der Waals surface area contributed by atoms with Crippen LogP contribution in [0.2, 0.25) is 0 Å². The van der Waals surface area contributed by atoms with Crippen LogP contribution in [0.25, 0.3) is 0 Å². The predicted molar refractivity (Wildman–Crippen MR) is 68.7 cm³/mol. The van der Waals surface area contributed by atoms with Gasteiger partial charge in [-0.05, 0) is 31.4 Å². The Morgan fingerprint density at radius 1 is 1.05 bits per heavy atom. The summed E-state index contributed by atoms with van der Waals surface area (Å²) < 4.78 is 0. The minimum atomic E-state index is -1.01. The molecule has 3 rings (SSSR count). The minimum absolute atomic E-state index is 0.358. The van der Waals surface area contributed by atoms with Gasteiger partial charge in [0, 0.05) is 0 Å². The Balaban J connectivity index is 2.08. The Morgan fingerprint density at radius 2 is 1.68 bits per heavy atom. The molecule has 0 N–H and O–H groups in total. The standard InChI is InChI=1S/C15H13NO3/c17-10-15(8-4-1-5-9-15)16-13(18)11-6-2-3-7-12(11)14(16)19/h1-4,6-7,10H,5,8-9H2/t15-/m1/s1. The molecule has 0 saturated heterocycles. The second-order valence-electron chi connectivity index (χ2n) is 4.93. The van der Waals surface area contributed by atoms with E-state index in [2.05, 4.69) is 0 Å². The molecule has 4 heteroatoms. The lowest BCUT2D eigenvalue weighted by atomic mass is 9.85. The van der Waals surface area contributed by atoms with E-state index in [1.54, 1.807) is 24.3 Å². The average Bonchev–Trinajstić information content (AvgIpc) is 2.73. The zero-order valence-electron chi connectivity index (χ0n) is 10.3. The van der Waals surface area contributed by atoms with Gasteiger partial charge >= 0.3 is 0 Å². The first kappa shape index (κ1) is 11.8. The lowest BCUT2D eigenvalue weighted by Gasteiger charge is -2.36. The molecule has 1 heterocycles. The molecular formula is C15H13NO3. The number of amides is 2. The largest absolute Gasteiger partial charge is 0.301 e. The summed E-state index contributed by atoms with van der Waals surface area (Å²) in [5.41, 5.74) is -0.228. The van der Waals surface area contributed by atoms with Gasteiger partial charge in [-0.2, -0.15) is 0 Å². The van der Waals surface area contributed by atoms with E-state index in [0.29, 0.717) is 30.4 Å². The number of nitrogens with zero attached hydrogens (tertiary/aromatic N) is 1. The van der Waals surface area contributed by atoms with Crippen LogP contribution in [0.15, 0.2) is 36.4 Å². The number of allylic oxidation sites excluding steroid dienone is 1. The van der Waals surface area contributed by atoms with E-state index in [9.17, 15) is 14.4 Å². The second kappa shape index (κ2) is 4.16. The first-order valence-electron chi connectivity index (χ1n) is 6.29. The maximum Gasteiger partial charge on any atom is 0.262 e. The van der Waals surface area contributed by atoms with Gasteiger partial charge in [-0.15, -0.1) is 0 Å². The molecule has 0 radical (unpaired) electrons. The topological polar surface area (TPSA) is 54.5 Å². The van der Waals surface area contributed by atoms with Gasteiger partial charge in [0.1, 0.15) is 11.8 Å². The van der Waals surface area contributed by atoms with Crippen molar-refractivity contribution in [2.24, 2.45) is 0 Å². The molecule has 1 atom stereocenters. The zero-order chi connectivity index (χ0) is 13.5. The molecule has 1 aliphatic heterocycles. The molecule has 19 heavy (non-hydrogen) atoms. The predicted octanol–water partition coefficient (Wildman–Crippen LogP) is 1.96. The normalized spacial score (nSPS) is 25.6. The number of aldehydes is 1. The Bertz CT molecular complexity index is 570. The smallest absolute Gasteiger partial charge is 0.262 e. The Labute approximate surface area is 110 Å². The third-order valence-corrected chi connectivity index (χ3v) is 3.84. The van der Waals surface area contributed by atoms with Crippen molar-refractivity contribution in [3.8, 4) is 0 Å². The van der Waals surface area contributed by atoms with Gasteiger partial charge < -0.3 is 4.79 Å². The van der Waals surface area contributed by atoms with Crippen LogP contribution >= 0.6 is 0 Å². The summed E-state index contributed by atoms with van der Waals surface area (Å²) >= 11 is 0. The molecule has 2 amide bonds. The number of hydrogen-bond donors (Lipinski definition) is 0. The zero-order valence-corrected chi connectivity index (χ0v) is 10.3. The fraction of sp³-hybridized carbons (Fsp3) is 0.267. The van der Waals surface area contributed by atoms with Gasteiger partial charge in [-0.1, -0.05) is 24.3 Å². The van der Waals surface area contributed by atoms with Crippen LogP contribution in [0.1, 0.15) is 40.0 Å². The van der Waals surface area contributed by atoms with Crippen molar-refractivity contribution in [3.05, 3.63) is 47.5 Å². The van der Waals surface area contributed by atoms with Crippen LogP contribution < -0.4 is 0 Å². The highest BCUT2D eigenvalue weighted by atomic mass is 16.2. The quantitative estimate of drug-likeness (QED) is 0.461. The Kier molecular flexibility index (Phi) is 2.59. The van der Waals surface area contributed by atoms with E-state index in [1.807, 2.05) is 12.2 Å². The summed E-state index contributed by atoms with van der Waals surface area (Å²) in [5, 5.41) is 0. The van der Waals surface area contributed by atoms with E-state index in [1.165, 1.54) is 0 Å². The average molecular weight is 255 g/mol. The van der Waals surface area contributed by atoms with E-state index >= 15 is 0 Å². The lowest BCUT2D eigenvalue weighted by molar-refractivity contribution is -0.116. The fourth-order valence-corrected chi connectivity index (χ4v) is 2.80. The third kappa shape index (κ3) is 1.56. The number of imide groups is 1. The molecule has 1 aromatic rings. The monoisotopic (exact) mass is 255 g/mol. The van der Waals surface area contributed by atoms with Gasteiger partial charge in [0.15, 0.2) is 0 Å². The molecule has 2 aliphatic rings. The third-order valence-electron chi connectivity index (χ3n) is 3.84. The van der Waals surface area contributed by atoms with Crippen LogP contribution in [-0.2, 0) is 4.79 Å². The van der Waals surface area contributed by atoms with Gasteiger partial charge in [-0.25, -0.2) is 0 Å². The Hall–Kier alpha value is -2.23. The van der Waals surface area contributed by atoms with Crippen molar-refractivity contribution in [1.82, 2.24) is 4.90 Å². The highest BCUT2D eigenvalue weighted by Crippen LogP contribution is 2.35. The molecule has 0 aromatic heterocycles. The van der Waals surface area contributed by atoms with Gasteiger partial charge in [0.25, 0.3) is 11.8 Å². The van der Waals surface area contributed by atoms with Crippen molar-refractivity contribution < 1.29 is 14.4 Å². The molecular weight excluding hydrogens is 242 g/mol. The Morgan fingerprint density at radius 3 is 2.16 bits per heavy atom. The number of carbonyl (C=O) groups excluding carboxylic acids is 3. The molecule has 0 bridgehead atoms. The van der Waals surface area contributed by atoms with Crippen molar-refractivity contribution >= 4 is 18.1 Å².